The molecule has 2 aromatic heterocycles. The highest BCUT2D eigenvalue weighted by atomic mass is 16.5. The molecule has 0 spiro atoms. The largest absolute Gasteiger partial charge is 0.469 e. The van der Waals surface area contributed by atoms with E-state index in [0.29, 0.717) is 13.0 Å². The molecule has 11 nitrogen and oxygen atoms in total. The molecule has 0 radical (unpaired) electrons. The molecule has 9 N–H and O–H groups in total. The Kier molecular flexibility index (Phi) is 19.0. The Morgan fingerprint density at radius 3 is 2.41 bits per heavy atom. The van der Waals surface area contributed by atoms with Crippen LogP contribution in [0.4, 0.5) is 5.69 Å². The summed E-state index contributed by atoms with van der Waals surface area (Å²) in [6, 6.07) is 11.6. The molecule has 1 atom stereocenters. The van der Waals surface area contributed by atoms with E-state index in [1.54, 1.807) is 13.2 Å². The first kappa shape index (κ1) is 35.7. The third kappa shape index (κ3) is 11.9. The number of ether oxygens (including phenoxy) is 1. The van der Waals surface area contributed by atoms with Gasteiger partial charge in [0.25, 0.3) is 0 Å². The fourth-order valence-corrected chi connectivity index (χ4v) is 3.30. The molecule has 0 bridgehead atoms. The van der Waals surface area contributed by atoms with E-state index in [1.807, 2.05) is 38.1 Å². The van der Waals surface area contributed by atoms with Gasteiger partial charge in [0.05, 0.1) is 30.8 Å². The van der Waals surface area contributed by atoms with Crippen LogP contribution in [0.3, 0.4) is 0 Å². The number of esters is 1. The topological polar surface area (TPSA) is 195 Å². The highest BCUT2D eigenvalue weighted by Gasteiger charge is 2.23. The number of rotatable bonds is 3. The highest BCUT2D eigenvalue weighted by molar-refractivity contribution is 5.99. The van der Waals surface area contributed by atoms with Crippen LogP contribution in [0, 0.1) is 13.8 Å². The summed E-state index contributed by atoms with van der Waals surface area (Å²) >= 11 is 0. The molecule has 1 amide bonds. The number of hydrogen-bond donors (Lipinski definition) is 6. The fraction of sp³-hybridized carbons (Fsp3) is 0.385. The maximum Gasteiger partial charge on any atom is 0.302 e. The Hall–Kier alpha value is -3.48. The number of aryl methyl sites for hydroxylation is 2. The van der Waals surface area contributed by atoms with E-state index in [4.69, 9.17) is 5.11 Å². The number of hydrogen-bond acceptors (Lipinski definition) is 10. The molecule has 11 heteroatoms. The summed E-state index contributed by atoms with van der Waals surface area (Å²) in [4.78, 5) is 29.4. The maximum absolute atomic E-state index is 11.2. The molecule has 3 aromatic rings. The van der Waals surface area contributed by atoms with Crippen molar-refractivity contribution in [2.45, 2.75) is 33.3 Å². The fourth-order valence-electron chi connectivity index (χ4n) is 3.30. The third-order valence-corrected chi connectivity index (χ3v) is 4.76. The summed E-state index contributed by atoms with van der Waals surface area (Å²) < 4.78 is 4.11. The van der Waals surface area contributed by atoms with Crippen molar-refractivity contribution < 1.29 is 24.5 Å². The molecule has 37 heavy (non-hydrogen) atoms. The van der Waals surface area contributed by atoms with Gasteiger partial charge in [-0.25, -0.2) is 0 Å². The Morgan fingerprint density at radius 2 is 1.84 bits per heavy atom. The van der Waals surface area contributed by atoms with Crippen LogP contribution in [-0.4, -0.2) is 66.9 Å². The number of nitrogens with zero attached hydrogens (tertiary/aromatic N) is 2. The standard InChI is InChI=1S/C11H14N2O2.C10H10N2.C3H6O2.CH5N.CH4O.H3N/c1-12-6-10(14)7-3-2-4-9-8(7)5-11(15)13-9;1-7-6-9-4-3-5-11-10(9)8(2)12-7;1-3(4)5-2;2*1-2;/h2-4,10,12,14H,5-6H2,1H3,(H,13,15);3-6H,1-2H3;1-2H3;2H2,1H3;2H,1H3;1H3. The van der Waals surface area contributed by atoms with Crippen LogP contribution in [0.2, 0.25) is 0 Å². The molecule has 206 valence electrons. The SMILES string of the molecule is CN.CNCC(O)c1cccc2c1CC(=O)N2.CO.COC(C)=O.Cc1cc2cccnc2c(C)n1.N. The van der Waals surface area contributed by atoms with Gasteiger partial charge in [0.1, 0.15) is 0 Å². The summed E-state index contributed by atoms with van der Waals surface area (Å²) in [6.07, 6.45) is 1.61. The van der Waals surface area contributed by atoms with Crippen LogP contribution >= 0.6 is 0 Å². The lowest BCUT2D eigenvalue weighted by Gasteiger charge is -2.13. The Bertz CT molecular complexity index is 1090. The molecule has 1 aromatic carbocycles. The molecule has 0 saturated carbocycles. The average Bonchev–Trinajstić information content (AvgIpc) is 3.27. The lowest BCUT2D eigenvalue weighted by atomic mass is 10.00. The number of carbonyl (C=O) groups is 2. The van der Waals surface area contributed by atoms with Gasteiger partial charge in [-0.3, -0.25) is 19.6 Å². The number of aromatic nitrogens is 2. The van der Waals surface area contributed by atoms with Gasteiger partial charge < -0.3 is 37.5 Å². The number of amides is 1. The molecular weight excluding hydrogens is 476 g/mol. The van der Waals surface area contributed by atoms with Gasteiger partial charge in [-0.15, -0.1) is 0 Å². The van der Waals surface area contributed by atoms with Crippen LogP contribution in [0.5, 0.6) is 0 Å². The number of pyridine rings is 2. The Morgan fingerprint density at radius 1 is 1.22 bits per heavy atom. The lowest BCUT2D eigenvalue weighted by molar-refractivity contribution is -0.137. The van der Waals surface area contributed by atoms with Crippen LogP contribution < -0.4 is 22.5 Å². The third-order valence-electron chi connectivity index (χ3n) is 4.76. The molecule has 0 fully saturated rings. The van der Waals surface area contributed by atoms with Crippen LogP contribution in [0.15, 0.2) is 42.6 Å². The van der Waals surface area contributed by atoms with Crippen LogP contribution in [0.1, 0.15) is 35.5 Å². The van der Waals surface area contributed by atoms with E-state index in [0.717, 1.165) is 40.8 Å². The predicted octanol–water partition coefficient (Wildman–Crippen LogP) is 2.21. The van der Waals surface area contributed by atoms with Crippen molar-refractivity contribution in [3.63, 3.8) is 0 Å². The summed E-state index contributed by atoms with van der Waals surface area (Å²) in [6.45, 7) is 5.84. The number of likely N-dealkylation sites (N-methyl/N-ethyl adjacent to an activating group) is 1. The van der Waals surface area contributed by atoms with Gasteiger partial charge in [-0.2, -0.15) is 0 Å². The van der Waals surface area contributed by atoms with Crippen molar-refractivity contribution in [1.29, 1.82) is 0 Å². The van der Waals surface area contributed by atoms with Crippen molar-refractivity contribution in [3.8, 4) is 0 Å². The van der Waals surface area contributed by atoms with Crippen molar-refractivity contribution in [2.75, 3.05) is 40.2 Å². The second kappa shape index (κ2) is 19.7. The minimum absolute atomic E-state index is 0. The van der Waals surface area contributed by atoms with E-state index >= 15 is 0 Å². The number of carbonyl (C=O) groups excluding carboxylic acids is 2. The van der Waals surface area contributed by atoms with E-state index in [2.05, 4.69) is 43.2 Å². The quantitative estimate of drug-likeness (QED) is 0.280. The van der Waals surface area contributed by atoms with Gasteiger partial charge in [-0.1, -0.05) is 18.2 Å². The molecule has 1 aliphatic heterocycles. The first-order valence-corrected chi connectivity index (χ1v) is 11.3. The second-order valence-corrected chi connectivity index (χ2v) is 7.29. The summed E-state index contributed by atoms with van der Waals surface area (Å²) in [5.41, 5.74) is 10.1. The number of methoxy groups -OCH3 is 1. The first-order chi connectivity index (χ1) is 17.3. The van der Waals surface area contributed by atoms with Gasteiger partial charge in [0.15, 0.2) is 0 Å². The predicted molar refractivity (Wildman–Crippen MR) is 148 cm³/mol. The minimum atomic E-state index is -0.558. The zero-order valence-electron chi connectivity index (χ0n) is 22.8. The van der Waals surface area contributed by atoms with Gasteiger partial charge in [0, 0.05) is 43.5 Å². The second-order valence-electron chi connectivity index (χ2n) is 7.29. The Labute approximate surface area is 219 Å². The van der Waals surface area contributed by atoms with Crippen molar-refractivity contribution >= 4 is 28.5 Å². The van der Waals surface area contributed by atoms with Crippen LogP contribution in [-0.2, 0) is 20.7 Å². The number of nitrogens with two attached hydrogens (primary N) is 1. The maximum atomic E-state index is 11.2. The zero-order valence-corrected chi connectivity index (χ0v) is 22.8. The van der Waals surface area contributed by atoms with Crippen molar-refractivity contribution in [2.24, 2.45) is 5.73 Å². The van der Waals surface area contributed by atoms with Gasteiger partial charge in [-0.05, 0) is 57.3 Å². The van der Waals surface area contributed by atoms with E-state index in [9.17, 15) is 14.7 Å². The smallest absolute Gasteiger partial charge is 0.302 e. The minimum Gasteiger partial charge on any atom is -0.469 e. The number of aliphatic hydroxyl groups excluding tert-OH is 2. The normalized spacial score (nSPS) is 11.1. The first-order valence-electron chi connectivity index (χ1n) is 11.3. The number of nitrogens with one attached hydrogen (secondary N) is 2. The molecule has 0 saturated heterocycles. The number of fused-ring (bicyclic) bond motifs is 2. The summed E-state index contributed by atoms with van der Waals surface area (Å²) in [5.74, 6) is -0.251. The summed E-state index contributed by atoms with van der Waals surface area (Å²) in [7, 11) is 5.64. The zero-order chi connectivity index (χ0) is 27.7. The van der Waals surface area contributed by atoms with Crippen molar-refractivity contribution in [1.82, 2.24) is 21.4 Å². The lowest BCUT2D eigenvalue weighted by Crippen LogP contribution is -2.17. The number of benzene rings is 1. The summed E-state index contributed by atoms with van der Waals surface area (Å²) in [5, 5.41) is 23.7. The molecule has 1 unspecified atom stereocenters. The van der Waals surface area contributed by atoms with E-state index in [-0.39, 0.29) is 18.0 Å². The molecule has 3 heterocycles. The van der Waals surface area contributed by atoms with Crippen LogP contribution in [0.25, 0.3) is 10.9 Å². The number of aliphatic hydroxyl groups is 2. The molecular formula is C26H42N6O5. The average molecular weight is 519 g/mol. The monoisotopic (exact) mass is 518 g/mol. The highest BCUT2D eigenvalue weighted by Crippen LogP contribution is 2.29. The number of anilines is 1. The molecule has 0 aliphatic carbocycles. The van der Waals surface area contributed by atoms with Gasteiger partial charge >= 0.3 is 5.97 Å². The van der Waals surface area contributed by atoms with E-state index in [1.165, 1.54) is 26.5 Å². The Balaban J connectivity index is 0. The van der Waals surface area contributed by atoms with Crippen molar-refractivity contribution in [3.05, 3.63) is 65.1 Å². The van der Waals surface area contributed by atoms with E-state index < -0.39 is 6.10 Å². The molecule has 4 rings (SSSR count). The molecule has 1 aliphatic rings. The van der Waals surface area contributed by atoms with Gasteiger partial charge in [0.2, 0.25) is 5.91 Å².